The van der Waals surface area contributed by atoms with Gasteiger partial charge in [0.2, 0.25) is 0 Å². The van der Waals surface area contributed by atoms with E-state index in [0.29, 0.717) is 6.54 Å². The van der Waals surface area contributed by atoms with Crippen LogP contribution in [-0.4, -0.2) is 41.5 Å². The van der Waals surface area contributed by atoms with Crippen molar-refractivity contribution in [2.24, 2.45) is 0 Å². The quantitative estimate of drug-likeness (QED) is 0.863. The maximum Gasteiger partial charge on any atom is 0.177 e. The molecule has 0 amide bonds. The first-order chi connectivity index (χ1) is 9.11. The molecule has 0 aliphatic carbocycles. The normalized spacial score (nSPS) is 21.3. The SMILES string of the molecule is Cc1cc(C(=O)CN2CCCCCC2CO)c(C)s1. The molecule has 1 aliphatic rings. The molecule has 1 atom stereocenters. The number of carbonyl (C=O) groups excluding carboxylic acids is 1. The van der Waals surface area contributed by atoms with E-state index in [1.54, 1.807) is 11.3 Å². The van der Waals surface area contributed by atoms with Crippen molar-refractivity contribution in [2.75, 3.05) is 19.7 Å². The second kappa shape index (κ2) is 6.64. The minimum Gasteiger partial charge on any atom is -0.395 e. The molecule has 0 bridgehead atoms. The zero-order valence-corrected chi connectivity index (χ0v) is 12.6. The van der Waals surface area contributed by atoms with Gasteiger partial charge >= 0.3 is 0 Å². The van der Waals surface area contributed by atoms with Crippen LogP contribution in [0.2, 0.25) is 0 Å². The Hall–Kier alpha value is -0.710. The van der Waals surface area contributed by atoms with Gasteiger partial charge in [-0.25, -0.2) is 0 Å². The Balaban J connectivity index is 2.06. The first kappa shape index (κ1) is 14.7. The molecule has 0 aromatic carbocycles. The van der Waals surface area contributed by atoms with Gasteiger partial charge in [-0.2, -0.15) is 0 Å². The lowest BCUT2D eigenvalue weighted by atomic mass is 10.1. The highest BCUT2D eigenvalue weighted by Crippen LogP contribution is 2.22. The molecule has 1 aromatic rings. The van der Waals surface area contributed by atoms with Gasteiger partial charge in [-0.15, -0.1) is 11.3 Å². The summed E-state index contributed by atoms with van der Waals surface area (Å²) < 4.78 is 0. The molecular weight excluding hydrogens is 258 g/mol. The van der Waals surface area contributed by atoms with Crippen LogP contribution in [0.15, 0.2) is 6.07 Å². The summed E-state index contributed by atoms with van der Waals surface area (Å²) in [7, 11) is 0. The molecular formula is C15H23NO2S. The second-order valence-corrected chi connectivity index (χ2v) is 6.87. The summed E-state index contributed by atoms with van der Waals surface area (Å²) >= 11 is 1.68. The van der Waals surface area contributed by atoms with E-state index in [9.17, 15) is 9.90 Å². The molecule has 3 nitrogen and oxygen atoms in total. The number of Topliss-reactive ketones (excluding diaryl/α,β-unsaturated/α-hetero) is 1. The number of aliphatic hydroxyl groups is 1. The Morgan fingerprint density at radius 3 is 2.84 bits per heavy atom. The molecule has 19 heavy (non-hydrogen) atoms. The number of rotatable bonds is 4. The number of aryl methyl sites for hydroxylation is 2. The average molecular weight is 281 g/mol. The van der Waals surface area contributed by atoms with Gasteiger partial charge in [0, 0.05) is 21.4 Å². The monoisotopic (exact) mass is 281 g/mol. The van der Waals surface area contributed by atoms with Gasteiger partial charge in [0.05, 0.1) is 13.2 Å². The number of likely N-dealkylation sites (tertiary alicyclic amines) is 1. The second-order valence-electron chi connectivity index (χ2n) is 5.41. The minimum absolute atomic E-state index is 0.159. The fourth-order valence-electron chi connectivity index (χ4n) is 2.83. The van der Waals surface area contributed by atoms with Crippen LogP contribution in [0.4, 0.5) is 0 Å². The van der Waals surface area contributed by atoms with Crippen LogP contribution in [0.1, 0.15) is 45.8 Å². The van der Waals surface area contributed by atoms with Crippen LogP contribution in [0.3, 0.4) is 0 Å². The van der Waals surface area contributed by atoms with Crippen LogP contribution < -0.4 is 0 Å². The number of nitrogens with zero attached hydrogens (tertiary/aromatic N) is 1. The smallest absolute Gasteiger partial charge is 0.177 e. The van der Waals surface area contributed by atoms with Crippen molar-refractivity contribution in [2.45, 2.75) is 45.6 Å². The lowest BCUT2D eigenvalue weighted by Gasteiger charge is -2.27. The zero-order valence-electron chi connectivity index (χ0n) is 11.8. The van der Waals surface area contributed by atoms with Gasteiger partial charge in [-0.1, -0.05) is 12.8 Å². The van der Waals surface area contributed by atoms with Crippen molar-refractivity contribution in [3.8, 4) is 0 Å². The Labute approximate surface area is 119 Å². The van der Waals surface area contributed by atoms with Gasteiger partial charge < -0.3 is 5.11 Å². The number of hydrogen-bond donors (Lipinski definition) is 1. The summed E-state index contributed by atoms with van der Waals surface area (Å²) in [6, 6.07) is 2.15. The number of hydrogen-bond acceptors (Lipinski definition) is 4. The summed E-state index contributed by atoms with van der Waals surface area (Å²) in [5.74, 6) is 0.196. The van der Waals surface area contributed by atoms with Crippen molar-refractivity contribution in [1.82, 2.24) is 4.90 Å². The Bertz CT molecular complexity index is 441. The van der Waals surface area contributed by atoms with Crippen molar-refractivity contribution >= 4 is 17.1 Å². The first-order valence-corrected chi connectivity index (χ1v) is 7.88. The van der Waals surface area contributed by atoms with Crippen LogP contribution in [0.25, 0.3) is 0 Å². The molecule has 2 rings (SSSR count). The Kier molecular flexibility index (Phi) is 5.13. The molecule has 1 aromatic heterocycles. The molecule has 1 unspecified atom stereocenters. The largest absolute Gasteiger partial charge is 0.395 e. The highest BCUT2D eigenvalue weighted by atomic mass is 32.1. The van der Waals surface area contributed by atoms with Crippen molar-refractivity contribution in [1.29, 1.82) is 0 Å². The maximum atomic E-state index is 12.4. The van der Waals surface area contributed by atoms with E-state index >= 15 is 0 Å². The fraction of sp³-hybridized carbons (Fsp3) is 0.667. The molecule has 0 spiro atoms. The van der Waals surface area contributed by atoms with Gasteiger partial charge in [-0.05, 0) is 39.3 Å². The standard InChI is InChI=1S/C15H23NO2S/c1-11-8-14(12(2)19-11)15(18)9-16-7-5-3-4-6-13(16)10-17/h8,13,17H,3-7,9-10H2,1-2H3. The molecule has 1 aliphatic heterocycles. The summed E-state index contributed by atoms with van der Waals surface area (Å²) in [6.07, 6.45) is 4.50. The topological polar surface area (TPSA) is 40.5 Å². The lowest BCUT2D eigenvalue weighted by molar-refractivity contribution is 0.0826. The third-order valence-corrected chi connectivity index (χ3v) is 4.86. The first-order valence-electron chi connectivity index (χ1n) is 7.07. The Morgan fingerprint density at radius 2 is 2.21 bits per heavy atom. The molecule has 106 valence electrons. The van der Waals surface area contributed by atoms with E-state index < -0.39 is 0 Å². The lowest BCUT2D eigenvalue weighted by Crippen LogP contribution is -2.40. The predicted octanol–water partition coefficient (Wildman–Crippen LogP) is 2.78. The minimum atomic E-state index is 0.159. The van der Waals surface area contributed by atoms with Gasteiger partial charge in [0.25, 0.3) is 0 Å². The summed E-state index contributed by atoms with van der Waals surface area (Å²) in [4.78, 5) is 16.9. The summed E-state index contributed by atoms with van der Waals surface area (Å²) in [6.45, 7) is 5.59. The maximum absolute atomic E-state index is 12.4. The Morgan fingerprint density at radius 1 is 1.42 bits per heavy atom. The average Bonchev–Trinajstić information content (AvgIpc) is 2.60. The fourth-order valence-corrected chi connectivity index (χ4v) is 3.77. The van der Waals surface area contributed by atoms with Crippen LogP contribution in [-0.2, 0) is 0 Å². The molecule has 1 N–H and O–H groups in total. The summed E-state index contributed by atoms with van der Waals surface area (Å²) in [5.41, 5.74) is 0.864. The number of thiophene rings is 1. The van der Waals surface area contributed by atoms with Gasteiger partial charge in [0.15, 0.2) is 5.78 Å². The summed E-state index contributed by atoms with van der Waals surface area (Å²) in [5, 5.41) is 9.48. The molecule has 1 saturated heterocycles. The molecule has 0 saturated carbocycles. The van der Waals surface area contributed by atoms with Gasteiger partial charge in [0.1, 0.15) is 0 Å². The van der Waals surface area contributed by atoms with Crippen molar-refractivity contribution < 1.29 is 9.90 Å². The van der Waals surface area contributed by atoms with E-state index in [1.807, 2.05) is 19.9 Å². The molecule has 1 fully saturated rings. The number of aliphatic hydroxyl groups excluding tert-OH is 1. The van der Waals surface area contributed by atoms with E-state index in [2.05, 4.69) is 4.90 Å². The van der Waals surface area contributed by atoms with Crippen molar-refractivity contribution in [3.05, 3.63) is 21.4 Å². The van der Waals surface area contributed by atoms with E-state index in [1.165, 1.54) is 11.3 Å². The highest BCUT2D eigenvalue weighted by Gasteiger charge is 2.23. The van der Waals surface area contributed by atoms with E-state index in [4.69, 9.17) is 0 Å². The number of ketones is 1. The zero-order chi connectivity index (χ0) is 13.8. The predicted molar refractivity (Wildman–Crippen MR) is 79.0 cm³/mol. The van der Waals surface area contributed by atoms with Crippen LogP contribution in [0.5, 0.6) is 0 Å². The van der Waals surface area contributed by atoms with Crippen LogP contribution >= 0.6 is 11.3 Å². The number of carbonyl (C=O) groups is 1. The van der Waals surface area contributed by atoms with E-state index in [-0.39, 0.29) is 18.4 Å². The molecule has 4 heteroatoms. The van der Waals surface area contributed by atoms with Crippen LogP contribution in [0, 0.1) is 13.8 Å². The van der Waals surface area contributed by atoms with Gasteiger partial charge in [-0.3, -0.25) is 9.69 Å². The molecule has 0 radical (unpaired) electrons. The van der Waals surface area contributed by atoms with Crippen molar-refractivity contribution in [3.63, 3.8) is 0 Å². The molecule has 2 heterocycles. The third-order valence-electron chi connectivity index (χ3n) is 3.90. The highest BCUT2D eigenvalue weighted by molar-refractivity contribution is 7.12. The van der Waals surface area contributed by atoms with E-state index in [0.717, 1.165) is 36.2 Å². The third kappa shape index (κ3) is 3.65.